The number of benzene rings is 2. The third kappa shape index (κ3) is 4.36. The van der Waals surface area contributed by atoms with Crippen LogP contribution >= 0.6 is 11.6 Å². The SMILES string of the molecule is Cc1nc2ccccc2nc1N1CCN(C(=O)CNC(=O)c2ccc(Cl)cc2)CC1. The molecule has 1 fully saturated rings. The summed E-state index contributed by atoms with van der Waals surface area (Å²) in [7, 11) is 0. The van der Waals surface area contributed by atoms with Crippen molar-refractivity contribution in [1.82, 2.24) is 20.2 Å². The molecule has 154 valence electrons. The molecule has 8 heteroatoms. The van der Waals surface area contributed by atoms with Crippen LogP contribution in [0.5, 0.6) is 0 Å². The van der Waals surface area contributed by atoms with Crippen LogP contribution in [0, 0.1) is 6.92 Å². The average molecular weight is 424 g/mol. The van der Waals surface area contributed by atoms with E-state index in [9.17, 15) is 9.59 Å². The molecule has 1 saturated heterocycles. The van der Waals surface area contributed by atoms with Crippen LogP contribution in [-0.2, 0) is 4.79 Å². The highest BCUT2D eigenvalue weighted by atomic mass is 35.5. The Bertz CT molecular complexity index is 1080. The van der Waals surface area contributed by atoms with Crippen molar-refractivity contribution >= 4 is 40.3 Å². The lowest BCUT2D eigenvalue weighted by molar-refractivity contribution is -0.130. The summed E-state index contributed by atoms with van der Waals surface area (Å²) in [4.78, 5) is 38.0. The highest BCUT2D eigenvalue weighted by Crippen LogP contribution is 2.21. The van der Waals surface area contributed by atoms with Gasteiger partial charge in [0, 0.05) is 36.8 Å². The molecular formula is C22H22ClN5O2. The van der Waals surface area contributed by atoms with Crippen LogP contribution in [-0.4, -0.2) is 59.4 Å². The molecule has 2 heterocycles. The topological polar surface area (TPSA) is 78.4 Å². The zero-order valence-corrected chi connectivity index (χ0v) is 17.4. The number of halogens is 1. The number of anilines is 1. The number of nitrogens with zero attached hydrogens (tertiary/aromatic N) is 4. The van der Waals surface area contributed by atoms with Gasteiger partial charge in [0.15, 0.2) is 5.82 Å². The lowest BCUT2D eigenvalue weighted by Gasteiger charge is -2.36. The van der Waals surface area contributed by atoms with Gasteiger partial charge >= 0.3 is 0 Å². The summed E-state index contributed by atoms with van der Waals surface area (Å²) in [5, 5.41) is 3.24. The maximum Gasteiger partial charge on any atom is 0.251 e. The molecule has 1 N–H and O–H groups in total. The Morgan fingerprint density at radius 1 is 0.967 bits per heavy atom. The first kappa shape index (κ1) is 20.1. The van der Waals surface area contributed by atoms with E-state index in [1.807, 2.05) is 31.2 Å². The van der Waals surface area contributed by atoms with E-state index in [4.69, 9.17) is 16.6 Å². The van der Waals surface area contributed by atoms with Crippen molar-refractivity contribution in [2.45, 2.75) is 6.92 Å². The zero-order valence-electron chi connectivity index (χ0n) is 16.6. The summed E-state index contributed by atoms with van der Waals surface area (Å²) in [6.45, 7) is 4.41. The minimum absolute atomic E-state index is 0.0315. The number of carbonyl (C=O) groups is 2. The second kappa shape index (κ2) is 8.67. The predicted molar refractivity (Wildman–Crippen MR) is 117 cm³/mol. The highest BCUT2D eigenvalue weighted by Gasteiger charge is 2.23. The van der Waals surface area contributed by atoms with Crippen molar-refractivity contribution in [2.24, 2.45) is 0 Å². The Kier molecular flexibility index (Phi) is 5.81. The number of rotatable bonds is 4. The number of para-hydroxylation sites is 2. The van der Waals surface area contributed by atoms with E-state index in [2.05, 4.69) is 15.2 Å². The Balaban J connectivity index is 1.33. The molecule has 7 nitrogen and oxygen atoms in total. The minimum atomic E-state index is -0.291. The van der Waals surface area contributed by atoms with Gasteiger partial charge in [0.2, 0.25) is 5.91 Å². The van der Waals surface area contributed by atoms with Crippen LogP contribution in [0.25, 0.3) is 11.0 Å². The standard InChI is InChI=1S/C22H22ClN5O2/c1-15-21(26-19-5-3-2-4-18(19)25-15)28-12-10-27(11-13-28)20(29)14-24-22(30)16-6-8-17(23)9-7-16/h2-9H,10-14H2,1H3,(H,24,30). The average Bonchev–Trinajstić information content (AvgIpc) is 2.77. The fraction of sp³-hybridized carbons (Fsp3) is 0.273. The van der Waals surface area contributed by atoms with Gasteiger partial charge in [-0.2, -0.15) is 0 Å². The summed E-state index contributed by atoms with van der Waals surface area (Å²) < 4.78 is 0. The molecule has 0 bridgehead atoms. The molecule has 0 saturated carbocycles. The van der Waals surface area contributed by atoms with Gasteiger partial charge < -0.3 is 15.1 Å². The molecule has 1 aliphatic heterocycles. The number of hydrogen-bond acceptors (Lipinski definition) is 5. The zero-order chi connectivity index (χ0) is 21.1. The van der Waals surface area contributed by atoms with Crippen LogP contribution in [0.3, 0.4) is 0 Å². The Morgan fingerprint density at radius 3 is 2.27 bits per heavy atom. The van der Waals surface area contributed by atoms with Crippen LogP contribution in [0.4, 0.5) is 5.82 Å². The number of aryl methyl sites for hydroxylation is 1. The van der Waals surface area contributed by atoms with Crippen molar-refractivity contribution < 1.29 is 9.59 Å². The van der Waals surface area contributed by atoms with Crippen molar-refractivity contribution in [1.29, 1.82) is 0 Å². The Morgan fingerprint density at radius 2 is 1.60 bits per heavy atom. The van der Waals surface area contributed by atoms with E-state index in [0.29, 0.717) is 36.8 Å². The largest absolute Gasteiger partial charge is 0.352 e. The number of amides is 2. The van der Waals surface area contributed by atoms with E-state index in [1.165, 1.54) is 0 Å². The van der Waals surface area contributed by atoms with E-state index in [-0.39, 0.29) is 18.4 Å². The van der Waals surface area contributed by atoms with E-state index >= 15 is 0 Å². The van der Waals surface area contributed by atoms with Gasteiger partial charge in [-0.05, 0) is 43.3 Å². The molecule has 2 amide bonds. The van der Waals surface area contributed by atoms with E-state index < -0.39 is 0 Å². The van der Waals surface area contributed by atoms with E-state index in [0.717, 1.165) is 22.5 Å². The number of aromatic nitrogens is 2. The van der Waals surface area contributed by atoms with Crippen molar-refractivity contribution in [2.75, 3.05) is 37.6 Å². The summed E-state index contributed by atoms with van der Waals surface area (Å²) >= 11 is 5.84. The second-order valence-corrected chi connectivity index (χ2v) is 7.62. The molecule has 1 aromatic heterocycles. The van der Waals surface area contributed by atoms with Gasteiger partial charge in [-0.1, -0.05) is 23.7 Å². The van der Waals surface area contributed by atoms with Crippen LogP contribution in [0.2, 0.25) is 5.02 Å². The third-order valence-electron chi connectivity index (χ3n) is 5.16. The van der Waals surface area contributed by atoms with Crippen molar-refractivity contribution in [3.8, 4) is 0 Å². The maximum atomic E-state index is 12.5. The molecule has 0 spiro atoms. The molecule has 0 atom stereocenters. The molecule has 0 radical (unpaired) electrons. The molecule has 0 unspecified atom stereocenters. The summed E-state index contributed by atoms with van der Waals surface area (Å²) in [5.74, 6) is 0.468. The normalized spacial score (nSPS) is 14.1. The predicted octanol–water partition coefficient (Wildman–Crippen LogP) is 2.67. The first-order valence-electron chi connectivity index (χ1n) is 9.81. The molecule has 30 heavy (non-hydrogen) atoms. The number of hydrogen-bond donors (Lipinski definition) is 1. The fourth-order valence-electron chi connectivity index (χ4n) is 3.52. The molecular weight excluding hydrogens is 402 g/mol. The molecule has 4 rings (SSSR count). The number of fused-ring (bicyclic) bond motifs is 1. The summed E-state index contributed by atoms with van der Waals surface area (Å²) in [6.07, 6.45) is 0. The van der Waals surface area contributed by atoms with Crippen LogP contribution < -0.4 is 10.2 Å². The molecule has 0 aliphatic carbocycles. The lowest BCUT2D eigenvalue weighted by Crippen LogP contribution is -2.51. The quantitative estimate of drug-likeness (QED) is 0.698. The Labute approximate surface area is 179 Å². The number of nitrogens with one attached hydrogen (secondary N) is 1. The van der Waals surface area contributed by atoms with Crippen LogP contribution in [0.15, 0.2) is 48.5 Å². The first-order chi connectivity index (χ1) is 14.5. The fourth-order valence-corrected chi connectivity index (χ4v) is 3.64. The van der Waals surface area contributed by atoms with Gasteiger partial charge in [-0.25, -0.2) is 9.97 Å². The van der Waals surface area contributed by atoms with Gasteiger partial charge in [-0.15, -0.1) is 0 Å². The van der Waals surface area contributed by atoms with Gasteiger partial charge in [-0.3, -0.25) is 9.59 Å². The van der Waals surface area contributed by atoms with Crippen LogP contribution in [0.1, 0.15) is 16.1 Å². The molecule has 1 aliphatic rings. The van der Waals surface area contributed by atoms with Crippen molar-refractivity contribution in [3.05, 3.63) is 64.8 Å². The number of carbonyl (C=O) groups excluding carboxylic acids is 2. The summed E-state index contributed by atoms with van der Waals surface area (Å²) in [5.41, 5.74) is 3.09. The van der Waals surface area contributed by atoms with Gasteiger partial charge in [0.05, 0.1) is 23.3 Å². The van der Waals surface area contributed by atoms with E-state index in [1.54, 1.807) is 29.2 Å². The second-order valence-electron chi connectivity index (χ2n) is 7.18. The van der Waals surface area contributed by atoms with Gasteiger partial charge in [0.25, 0.3) is 5.91 Å². The van der Waals surface area contributed by atoms with Gasteiger partial charge in [0.1, 0.15) is 0 Å². The first-order valence-corrected chi connectivity index (χ1v) is 10.2. The maximum absolute atomic E-state index is 12.5. The monoisotopic (exact) mass is 423 g/mol. The Hall–Kier alpha value is -3.19. The lowest BCUT2D eigenvalue weighted by atomic mass is 10.2. The minimum Gasteiger partial charge on any atom is -0.352 e. The van der Waals surface area contributed by atoms with Crippen molar-refractivity contribution in [3.63, 3.8) is 0 Å². The molecule has 3 aromatic rings. The highest BCUT2D eigenvalue weighted by molar-refractivity contribution is 6.30. The third-order valence-corrected chi connectivity index (χ3v) is 5.41. The smallest absolute Gasteiger partial charge is 0.251 e. The summed E-state index contributed by atoms with van der Waals surface area (Å²) in [6, 6.07) is 14.4. The number of piperazine rings is 1. The molecule has 2 aromatic carbocycles.